The number of hydrogen-bond acceptors (Lipinski definition) is 4. The summed E-state index contributed by atoms with van der Waals surface area (Å²) in [6, 6.07) is 3.38. The van der Waals surface area contributed by atoms with E-state index in [1.165, 1.54) is 0 Å². The van der Waals surface area contributed by atoms with Gasteiger partial charge >= 0.3 is 0 Å². The van der Waals surface area contributed by atoms with Gasteiger partial charge in [-0.15, -0.1) is 0 Å². The molecule has 5 heteroatoms. The largest absolute Gasteiger partial charge is 0.453 e. The lowest BCUT2D eigenvalue weighted by molar-refractivity contribution is 0.0752. The minimum absolute atomic E-state index is 0.207. The van der Waals surface area contributed by atoms with Gasteiger partial charge in [0.25, 0.3) is 5.91 Å². The SMILES string of the molecule is COCc1ccc(C(=O)NCCCOC(C)C)o1. The van der Waals surface area contributed by atoms with Crippen LogP contribution in [0.5, 0.6) is 0 Å². The normalized spacial score (nSPS) is 10.9. The molecule has 0 unspecified atom stereocenters. The van der Waals surface area contributed by atoms with Gasteiger partial charge in [-0.25, -0.2) is 0 Å². The molecule has 1 aromatic rings. The summed E-state index contributed by atoms with van der Waals surface area (Å²) >= 11 is 0. The van der Waals surface area contributed by atoms with E-state index in [9.17, 15) is 4.79 Å². The molecular formula is C13H21NO4. The molecule has 0 aromatic carbocycles. The van der Waals surface area contributed by atoms with Crippen molar-refractivity contribution < 1.29 is 18.7 Å². The molecule has 18 heavy (non-hydrogen) atoms. The topological polar surface area (TPSA) is 60.7 Å². The summed E-state index contributed by atoms with van der Waals surface area (Å²) in [4.78, 5) is 11.7. The first-order valence-electron chi connectivity index (χ1n) is 6.11. The molecule has 5 nitrogen and oxygen atoms in total. The third-order valence-electron chi connectivity index (χ3n) is 2.23. The number of carbonyl (C=O) groups excluding carboxylic acids is 1. The molecule has 1 aromatic heterocycles. The third kappa shape index (κ3) is 5.33. The molecule has 0 atom stereocenters. The standard InChI is InChI=1S/C13H21NO4/c1-10(2)17-8-4-7-14-13(15)12-6-5-11(18-12)9-16-3/h5-6,10H,4,7-9H2,1-3H3,(H,14,15). The van der Waals surface area contributed by atoms with Gasteiger partial charge in [0.2, 0.25) is 0 Å². The van der Waals surface area contributed by atoms with Crippen LogP contribution >= 0.6 is 0 Å². The summed E-state index contributed by atoms with van der Waals surface area (Å²) in [5.41, 5.74) is 0. The van der Waals surface area contributed by atoms with Crippen LogP contribution in [0.1, 0.15) is 36.6 Å². The van der Waals surface area contributed by atoms with Crippen molar-refractivity contribution in [2.45, 2.75) is 33.0 Å². The average Bonchev–Trinajstić information content (AvgIpc) is 2.77. The van der Waals surface area contributed by atoms with Crippen molar-refractivity contribution in [1.82, 2.24) is 5.32 Å². The fourth-order valence-corrected chi connectivity index (χ4v) is 1.40. The molecule has 102 valence electrons. The molecule has 0 saturated carbocycles. The van der Waals surface area contributed by atoms with E-state index in [0.717, 1.165) is 6.42 Å². The maximum Gasteiger partial charge on any atom is 0.286 e. The van der Waals surface area contributed by atoms with Gasteiger partial charge in [-0.1, -0.05) is 0 Å². The number of methoxy groups -OCH3 is 1. The Hall–Kier alpha value is -1.33. The van der Waals surface area contributed by atoms with Crippen LogP contribution in [-0.4, -0.2) is 32.3 Å². The van der Waals surface area contributed by atoms with Gasteiger partial charge in [0.15, 0.2) is 5.76 Å². The minimum atomic E-state index is -0.207. The maximum atomic E-state index is 11.7. The van der Waals surface area contributed by atoms with Crippen molar-refractivity contribution >= 4 is 5.91 Å². The second-order valence-corrected chi connectivity index (χ2v) is 4.23. The van der Waals surface area contributed by atoms with Crippen LogP contribution in [0.25, 0.3) is 0 Å². The van der Waals surface area contributed by atoms with E-state index in [-0.39, 0.29) is 12.0 Å². The lowest BCUT2D eigenvalue weighted by Crippen LogP contribution is -2.25. The second-order valence-electron chi connectivity index (χ2n) is 4.23. The highest BCUT2D eigenvalue weighted by atomic mass is 16.5. The van der Waals surface area contributed by atoms with Crippen LogP contribution in [0.15, 0.2) is 16.5 Å². The highest BCUT2D eigenvalue weighted by molar-refractivity contribution is 5.91. The van der Waals surface area contributed by atoms with Crippen molar-refractivity contribution in [2.75, 3.05) is 20.3 Å². The lowest BCUT2D eigenvalue weighted by atomic mass is 10.4. The molecule has 0 radical (unpaired) electrons. The predicted molar refractivity (Wildman–Crippen MR) is 67.5 cm³/mol. The molecule has 0 aliphatic heterocycles. The van der Waals surface area contributed by atoms with Crippen LogP contribution in [-0.2, 0) is 16.1 Å². The number of amides is 1. The zero-order valence-corrected chi connectivity index (χ0v) is 11.2. The van der Waals surface area contributed by atoms with E-state index in [2.05, 4.69) is 5.32 Å². The molecule has 1 rings (SSSR count). The summed E-state index contributed by atoms with van der Waals surface area (Å²) in [5.74, 6) is 0.750. The Bertz CT molecular complexity index is 360. The van der Waals surface area contributed by atoms with Crippen molar-refractivity contribution in [2.24, 2.45) is 0 Å². The maximum absolute atomic E-state index is 11.7. The summed E-state index contributed by atoms with van der Waals surface area (Å²) in [7, 11) is 1.58. The summed E-state index contributed by atoms with van der Waals surface area (Å²) in [6.45, 7) is 5.56. The number of hydrogen-bond donors (Lipinski definition) is 1. The van der Waals surface area contributed by atoms with Crippen molar-refractivity contribution in [3.8, 4) is 0 Å². The first-order chi connectivity index (χ1) is 8.63. The van der Waals surface area contributed by atoms with E-state index in [1.54, 1.807) is 19.2 Å². The first-order valence-corrected chi connectivity index (χ1v) is 6.11. The van der Waals surface area contributed by atoms with E-state index in [0.29, 0.717) is 31.3 Å². The van der Waals surface area contributed by atoms with Crippen LogP contribution in [0, 0.1) is 0 Å². The van der Waals surface area contributed by atoms with Crippen molar-refractivity contribution in [3.63, 3.8) is 0 Å². The molecular weight excluding hydrogens is 234 g/mol. The Kier molecular flexibility index (Phi) is 6.46. The van der Waals surface area contributed by atoms with Gasteiger partial charge in [0.05, 0.1) is 6.10 Å². The van der Waals surface area contributed by atoms with E-state index < -0.39 is 0 Å². The van der Waals surface area contributed by atoms with E-state index in [1.807, 2.05) is 13.8 Å². The molecule has 0 aliphatic rings. The highest BCUT2D eigenvalue weighted by Gasteiger charge is 2.10. The number of rotatable bonds is 8. The predicted octanol–water partition coefficient (Wildman–Crippen LogP) is 1.97. The van der Waals surface area contributed by atoms with Gasteiger partial charge in [-0.05, 0) is 32.4 Å². The number of furan rings is 1. The lowest BCUT2D eigenvalue weighted by Gasteiger charge is -2.07. The van der Waals surface area contributed by atoms with Crippen LogP contribution in [0.2, 0.25) is 0 Å². The Labute approximate surface area is 107 Å². The van der Waals surface area contributed by atoms with Gasteiger partial charge in [-0.3, -0.25) is 4.79 Å². The molecule has 0 bridgehead atoms. The van der Waals surface area contributed by atoms with Gasteiger partial charge in [-0.2, -0.15) is 0 Å². The van der Waals surface area contributed by atoms with Crippen LogP contribution < -0.4 is 5.32 Å². The van der Waals surface area contributed by atoms with Crippen molar-refractivity contribution in [3.05, 3.63) is 23.7 Å². The number of carbonyl (C=O) groups is 1. The molecule has 0 spiro atoms. The zero-order chi connectivity index (χ0) is 13.4. The fraction of sp³-hybridized carbons (Fsp3) is 0.615. The Morgan fingerprint density at radius 3 is 2.89 bits per heavy atom. The monoisotopic (exact) mass is 255 g/mol. The van der Waals surface area contributed by atoms with Gasteiger partial charge < -0.3 is 19.2 Å². The molecule has 0 aliphatic carbocycles. The smallest absolute Gasteiger partial charge is 0.286 e. The van der Waals surface area contributed by atoms with E-state index in [4.69, 9.17) is 13.9 Å². The Morgan fingerprint density at radius 1 is 1.44 bits per heavy atom. The summed E-state index contributed by atoms with van der Waals surface area (Å²) < 4.78 is 15.6. The molecule has 1 N–H and O–H groups in total. The third-order valence-corrected chi connectivity index (χ3v) is 2.23. The number of ether oxygens (including phenoxy) is 2. The van der Waals surface area contributed by atoms with E-state index >= 15 is 0 Å². The average molecular weight is 255 g/mol. The Balaban J connectivity index is 2.23. The summed E-state index contributed by atoms with van der Waals surface area (Å²) in [5, 5.41) is 2.77. The van der Waals surface area contributed by atoms with Gasteiger partial charge in [0.1, 0.15) is 12.4 Å². The fourth-order valence-electron chi connectivity index (χ4n) is 1.40. The first kappa shape index (κ1) is 14.7. The Morgan fingerprint density at radius 2 is 2.22 bits per heavy atom. The quantitative estimate of drug-likeness (QED) is 0.721. The molecule has 1 amide bonds. The molecule has 1 heterocycles. The summed E-state index contributed by atoms with van der Waals surface area (Å²) in [6.07, 6.45) is 1.01. The van der Waals surface area contributed by atoms with Crippen LogP contribution in [0.4, 0.5) is 0 Å². The molecule has 0 fully saturated rings. The molecule has 0 saturated heterocycles. The van der Waals surface area contributed by atoms with Gasteiger partial charge in [0, 0.05) is 20.3 Å². The number of nitrogens with one attached hydrogen (secondary N) is 1. The highest BCUT2D eigenvalue weighted by Crippen LogP contribution is 2.08. The minimum Gasteiger partial charge on any atom is -0.453 e. The second kappa shape index (κ2) is 7.89. The van der Waals surface area contributed by atoms with Crippen molar-refractivity contribution in [1.29, 1.82) is 0 Å². The zero-order valence-electron chi connectivity index (χ0n) is 11.2. The van der Waals surface area contributed by atoms with Crippen LogP contribution in [0.3, 0.4) is 0 Å².